The Balaban J connectivity index is 2.87. The van der Waals surface area contributed by atoms with Gasteiger partial charge in [-0.2, -0.15) is 5.10 Å². The first kappa shape index (κ1) is 7.85. The number of fused-ring (bicyclic) bond motifs is 1. The molecule has 1 heterocycles. The number of nitrogen functional groups attached to an aromatic ring is 1. The van der Waals surface area contributed by atoms with Crippen molar-refractivity contribution >= 4 is 39.2 Å². The molecule has 0 spiro atoms. The van der Waals surface area contributed by atoms with E-state index < -0.39 is 0 Å². The van der Waals surface area contributed by atoms with E-state index in [0.29, 0.717) is 0 Å². The maximum atomic E-state index is 5.74. The highest BCUT2D eigenvalue weighted by molar-refractivity contribution is 14.1. The van der Waals surface area contributed by atoms with E-state index >= 15 is 0 Å². The third-order valence-electron chi connectivity index (χ3n) is 1.90. The Morgan fingerprint density at radius 3 is 3.00 bits per heavy atom. The number of anilines is 1. The Bertz CT molecular complexity index is 433. The second-order valence-corrected chi connectivity index (χ2v) is 3.84. The number of aromatic amines is 1. The third-order valence-corrected chi connectivity index (χ3v) is 2.72. The second-order valence-electron chi connectivity index (χ2n) is 2.76. The summed E-state index contributed by atoms with van der Waals surface area (Å²) in [5, 5.41) is 8.16. The molecule has 2 aromatic rings. The minimum Gasteiger partial charge on any atom is -0.398 e. The smallest absolute Gasteiger partial charge is 0.104 e. The summed E-state index contributed by atoms with van der Waals surface area (Å²) in [5.41, 5.74) is 8.57. The number of rotatable bonds is 0. The molecule has 0 bridgehead atoms. The number of aryl methyl sites for hydroxylation is 1. The zero-order valence-electron chi connectivity index (χ0n) is 6.56. The van der Waals surface area contributed by atoms with Crippen LogP contribution in [0.5, 0.6) is 0 Å². The van der Waals surface area contributed by atoms with Crippen LogP contribution in [0.25, 0.3) is 10.9 Å². The molecule has 0 atom stereocenters. The van der Waals surface area contributed by atoms with Crippen LogP contribution in [0.15, 0.2) is 12.1 Å². The molecule has 0 saturated carbocycles. The van der Waals surface area contributed by atoms with Crippen LogP contribution in [0.4, 0.5) is 5.69 Å². The largest absolute Gasteiger partial charge is 0.398 e. The van der Waals surface area contributed by atoms with Crippen LogP contribution < -0.4 is 5.73 Å². The molecule has 0 aliphatic rings. The Morgan fingerprint density at radius 1 is 1.50 bits per heavy atom. The Kier molecular flexibility index (Phi) is 1.71. The molecule has 3 nitrogen and oxygen atoms in total. The van der Waals surface area contributed by atoms with Crippen LogP contribution >= 0.6 is 22.6 Å². The zero-order chi connectivity index (χ0) is 8.72. The molecule has 0 aliphatic carbocycles. The summed E-state index contributed by atoms with van der Waals surface area (Å²) in [6.45, 7) is 2.00. The van der Waals surface area contributed by atoms with Crippen LogP contribution in [-0.2, 0) is 0 Å². The summed E-state index contributed by atoms with van der Waals surface area (Å²) in [5.74, 6) is 0. The summed E-state index contributed by atoms with van der Waals surface area (Å²) >= 11 is 2.22. The van der Waals surface area contributed by atoms with Gasteiger partial charge in [-0.05, 0) is 47.2 Å². The van der Waals surface area contributed by atoms with E-state index in [2.05, 4.69) is 38.9 Å². The van der Waals surface area contributed by atoms with Crippen molar-refractivity contribution in [3.63, 3.8) is 0 Å². The van der Waals surface area contributed by atoms with Gasteiger partial charge in [0.25, 0.3) is 0 Å². The van der Waals surface area contributed by atoms with Gasteiger partial charge in [-0.3, -0.25) is 5.10 Å². The van der Waals surface area contributed by atoms with Crippen LogP contribution in [-0.4, -0.2) is 10.2 Å². The monoisotopic (exact) mass is 273 g/mol. The first-order valence-corrected chi connectivity index (χ1v) is 4.66. The minimum atomic E-state index is 0.797. The van der Waals surface area contributed by atoms with Crippen LogP contribution in [0.1, 0.15) is 5.56 Å². The summed E-state index contributed by atoms with van der Waals surface area (Å²) in [6.07, 6.45) is 0. The molecule has 0 radical (unpaired) electrons. The van der Waals surface area contributed by atoms with Crippen molar-refractivity contribution in [2.24, 2.45) is 0 Å². The van der Waals surface area contributed by atoms with E-state index in [4.69, 9.17) is 5.73 Å². The van der Waals surface area contributed by atoms with Gasteiger partial charge < -0.3 is 5.73 Å². The molecule has 0 fully saturated rings. The first-order chi connectivity index (χ1) is 5.68. The van der Waals surface area contributed by atoms with Crippen molar-refractivity contribution in [2.45, 2.75) is 6.92 Å². The van der Waals surface area contributed by atoms with Gasteiger partial charge in [0.2, 0.25) is 0 Å². The van der Waals surface area contributed by atoms with Crippen molar-refractivity contribution in [2.75, 3.05) is 5.73 Å². The number of nitrogens with two attached hydrogens (primary N) is 1. The number of nitrogens with one attached hydrogen (secondary N) is 1. The molecule has 0 aliphatic heterocycles. The van der Waals surface area contributed by atoms with E-state index in [-0.39, 0.29) is 0 Å². The van der Waals surface area contributed by atoms with E-state index in [0.717, 1.165) is 25.9 Å². The van der Waals surface area contributed by atoms with Crippen molar-refractivity contribution in [3.8, 4) is 0 Å². The topological polar surface area (TPSA) is 54.7 Å². The number of hydrogen-bond donors (Lipinski definition) is 2. The van der Waals surface area contributed by atoms with E-state index in [9.17, 15) is 0 Å². The summed E-state index contributed by atoms with van der Waals surface area (Å²) in [6, 6.07) is 3.94. The predicted octanol–water partition coefficient (Wildman–Crippen LogP) is 2.06. The lowest BCUT2D eigenvalue weighted by Crippen LogP contribution is -1.88. The molecular formula is C8H8IN3. The van der Waals surface area contributed by atoms with Crippen molar-refractivity contribution in [3.05, 3.63) is 21.4 Å². The number of nitrogens with zero attached hydrogens (tertiary/aromatic N) is 1. The van der Waals surface area contributed by atoms with E-state index in [1.165, 1.54) is 0 Å². The Morgan fingerprint density at radius 2 is 2.25 bits per heavy atom. The number of hydrogen-bond acceptors (Lipinski definition) is 2. The molecule has 1 aromatic carbocycles. The molecule has 1 aromatic heterocycles. The predicted molar refractivity (Wildman–Crippen MR) is 58.0 cm³/mol. The molecule has 0 amide bonds. The molecule has 4 heteroatoms. The SMILES string of the molecule is Cc1cc2c(I)[nH]nc2cc1N. The van der Waals surface area contributed by atoms with Gasteiger partial charge in [0.15, 0.2) is 0 Å². The number of H-pyrrole nitrogens is 1. The highest BCUT2D eigenvalue weighted by Crippen LogP contribution is 2.22. The van der Waals surface area contributed by atoms with Gasteiger partial charge in [-0.25, -0.2) is 0 Å². The van der Waals surface area contributed by atoms with Crippen LogP contribution in [0, 0.1) is 10.6 Å². The summed E-state index contributed by atoms with van der Waals surface area (Å²) in [4.78, 5) is 0. The lowest BCUT2D eigenvalue weighted by molar-refractivity contribution is 1.09. The molecule has 2 rings (SSSR count). The summed E-state index contributed by atoms with van der Waals surface area (Å²) < 4.78 is 1.06. The fourth-order valence-electron chi connectivity index (χ4n) is 1.15. The molecule has 12 heavy (non-hydrogen) atoms. The van der Waals surface area contributed by atoms with Gasteiger partial charge in [0.05, 0.1) is 5.52 Å². The van der Waals surface area contributed by atoms with Crippen molar-refractivity contribution in [1.82, 2.24) is 10.2 Å². The van der Waals surface area contributed by atoms with Gasteiger partial charge in [-0.1, -0.05) is 0 Å². The third kappa shape index (κ3) is 1.06. The number of aromatic nitrogens is 2. The highest BCUT2D eigenvalue weighted by Gasteiger charge is 2.03. The maximum absolute atomic E-state index is 5.74. The molecule has 0 unspecified atom stereocenters. The summed E-state index contributed by atoms with van der Waals surface area (Å²) in [7, 11) is 0. The molecule has 62 valence electrons. The standard InChI is InChI=1S/C8H8IN3/c1-4-2-5-7(3-6(4)10)11-12-8(5)9/h2-3H,10H2,1H3,(H,11,12). The number of benzene rings is 1. The molecular weight excluding hydrogens is 265 g/mol. The van der Waals surface area contributed by atoms with Gasteiger partial charge in [-0.15, -0.1) is 0 Å². The highest BCUT2D eigenvalue weighted by atomic mass is 127. The Labute approximate surface area is 83.5 Å². The number of halogens is 1. The van der Waals surface area contributed by atoms with E-state index in [1.807, 2.05) is 13.0 Å². The van der Waals surface area contributed by atoms with Gasteiger partial charge in [0.1, 0.15) is 3.70 Å². The molecule has 3 N–H and O–H groups in total. The van der Waals surface area contributed by atoms with Crippen molar-refractivity contribution in [1.29, 1.82) is 0 Å². The zero-order valence-corrected chi connectivity index (χ0v) is 8.71. The lowest BCUT2D eigenvalue weighted by Gasteiger charge is -1.97. The van der Waals surface area contributed by atoms with Gasteiger partial charge in [0, 0.05) is 11.1 Å². The first-order valence-electron chi connectivity index (χ1n) is 3.58. The average Bonchev–Trinajstić information content (AvgIpc) is 2.35. The average molecular weight is 273 g/mol. The second kappa shape index (κ2) is 2.62. The van der Waals surface area contributed by atoms with Gasteiger partial charge >= 0.3 is 0 Å². The fourth-order valence-corrected chi connectivity index (χ4v) is 1.70. The Hall–Kier alpha value is -0.780. The normalized spacial score (nSPS) is 10.8. The minimum absolute atomic E-state index is 0.797. The van der Waals surface area contributed by atoms with Crippen molar-refractivity contribution < 1.29 is 0 Å². The molecule has 0 saturated heterocycles. The quantitative estimate of drug-likeness (QED) is 0.570. The lowest BCUT2D eigenvalue weighted by atomic mass is 10.1. The van der Waals surface area contributed by atoms with Crippen LogP contribution in [0.3, 0.4) is 0 Å². The van der Waals surface area contributed by atoms with Crippen LogP contribution in [0.2, 0.25) is 0 Å². The maximum Gasteiger partial charge on any atom is 0.104 e. The fraction of sp³-hybridized carbons (Fsp3) is 0.125. The van der Waals surface area contributed by atoms with E-state index in [1.54, 1.807) is 0 Å².